The zero-order chi connectivity index (χ0) is 17.6. The van der Waals surface area contributed by atoms with Crippen molar-refractivity contribution in [1.29, 1.82) is 0 Å². The van der Waals surface area contributed by atoms with Crippen molar-refractivity contribution in [1.82, 2.24) is 4.90 Å². The normalized spacial score (nSPS) is 18.8. The smallest absolute Gasteiger partial charge is 0.241 e. The van der Waals surface area contributed by atoms with E-state index in [0.717, 1.165) is 30.8 Å². The number of hydrogen-bond acceptors (Lipinski definition) is 3. The van der Waals surface area contributed by atoms with Crippen LogP contribution in [0.4, 0.5) is 11.4 Å². The molecule has 25 heavy (non-hydrogen) atoms. The fourth-order valence-corrected chi connectivity index (χ4v) is 3.15. The number of hydrogen-bond donors (Lipinski definition) is 2. The third kappa shape index (κ3) is 5.34. The van der Waals surface area contributed by atoms with Gasteiger partial charge in [-0.3, -0.25) is 9.59 Å². The topological polar surface area (TPSA) is 61.4 Å². The Labute approximate surface area is 149 Å². The van der Waals surface area contributed by atoms with E-state index < -0.39 is 0 Å². The summed E-state index contributed by atoms with van der Waals surface area (Å²) >= 11 is 0. The molecule has 3 rings (SSSR count). The molecule has 5 heteroatoms. The molecule has 1 saturated carbocycles. The molecule has 0 saturated heterocycles. The summed E-state index contributed by atoms with van der Waals surface area (Å²) in [7, 11) is 1.85. The van der Waals surface area contributed by atoms with E-state index in [0.29, 0.717) is 18.3 Å². The largest absolute Gasteiger partial charge is 0.374 e. The minimum Gasteiger partial charge on any atom is -0.374 e. The molecular weight excluding hydrogens is 314 g/mol. The SMILES string of the molecule is CN(CC1CC1)C(=O)CNc1ccccc1NC(=O)C[C@H]1C=CCC1. The van der Waals surface area contributed by atoms with E-state index in [1.807, 2.05) is 31.3 Å². The molecule has 0 unspecified atom stereocenters. The zero-order valence-electron chi connectivity index (χ0n) is 14.8. The predicted molar refractivity (Wildman–Crippen MR) is 100 cm³/mol. The molecule has 0 aliphatic heterocycles. The average Bonchev–Trinajstić information content (AvgIpc) is 3.26. The van der Waals surface area contributed by atoms with Gasteiger partial charge < -0.3 is 15.5 Å². The van der Waals surface area contributed by atoms with Gasteiger partial charge in [0.2, 0.25) is 11.8 Å². The molecule has 0 bridgehead atoms. The number of anilines is 2. The van der Waals surface area contributed by atoms with Gasteiger partial charge in [0.15, 0.2) is 0 Å². The Balaban J connectivity index is 1.51. The highest BCUT2D eigenvalue weighted by atomic mass is 16.2. The molecule has 0 heterocycles. The maximum atomic E-state index is 12.2. The standard InChI is InChI=1S/C20H27N3O2/c1-23(14-16-10-11-16)20(25)13-21-17-8-4-5-9-18(17)22-19(24)12-15-6-2-3-7-15/h2,4-6,8-9,15-16,21H,3,7,10-14H2,1H3,(H,22,24)/t15-/m0/s1. The number of rotatable bonds is 8. The van der Waals surface area contributed by atoms with Crippen molar-refractivity contribution < 1.29 is 9.59 Å². The van der Waals surface area contributed by atoms with Gasteiger partial charge in [-0.15, -0.1) is 0 Å². The third-order valence-corrected chi connectivity index (χ3v) is 4.85. The van der Waals surface area contributed by atoms with Crippen LogP contribution in [0.5, 0.6) is 0 Å². The van der Waals surface area contributed by atoms with Gasteiger partial charge in [-0.2, -0.15) is 0 Å². The first-order chi connectivity index (χ1) is 12.1. The van der Waals surface area contributed by atoms with Crippen molar-refractivity contribution in [2.24, 2.45) is 11.8 Å². The van der Waals surface area contributed by atoms with Crippen LogP contribution in [0.25, 0.3) is 0 Å². The quantitative estimate of drug-likeness (QED) is 0.714. The molecule has 1 aromatic carbocycles. The Bertz CT molecular complexity index is 652. The number of para-hydroxylation sites is 2. The Hall–Kier alpha value is -2.30. The molecule has 2 amide bonds. The van der Waals surface area contributed by atoms with Gasteiger partial charge in [0.25, 0.3) is 0 Å². The summed E-state index contributed by atoms with van der Waals surface area (Å²) in [4.78, 5) is 26.2. The van der Waals surface area contributed by atoms with Crippen molar-refractivity contribution in [2.45, 2.75) is 32.1 Å². The number of amides is 2. The summed E-state index contributed by atoms with van der Waals surface area (Å²) in [6.07, 6.45) is 9.34. The lowest BCUT2D eigenvalue weighted by Gasteiger charge is -2.19. The second-order valence-corrected chi connectivity index (χ2v) is 7.13. The van der Waals surface area contributed by atoms with Gasteiger partial charge in [0, 0.05) is 20.0 Å². The number of allylic oxidation sites excluding steroid dienone is 2. The molecule has 0 aromatic heterocycles. The molecular formula is C20H27N3O2. The van der Waals surface area contributed by atoms with E-state index >= 15 is 0 Å². The minimum atomic E-state index is 0.0166. The lowest BCUT2D eigenvalue weighted by molar-refractivity contribution is -0.128. The molecule has 0 spiro atoms. The van der Waals surface area contributed by atoms with Crippen molar-refractivity contribution in [2.75, 3.05) is 30.8 Å². The van der Waals surface area contributed by atoms with Crippen LogP contribution < -0.4 is 10.6 Å². The van der Waals surface area contributed by atoms with Crippen molar-refractivity contribution >= 4 is 23.2 Å². The van der Waals surface area contributed by atoms with Crippen LogP contribution in [-0.2, 0) is 9.59 Å². The molecule has 2 aliphatic carbocycles. The first-order valence-corrected chi connectivity index (χ1v) is 9.15. The van der Waals surface area contributed by atoms with E-state index in [1.165, 1.54) is 12.8 Å². The van der Waals surface area contributed by atoms with E-state index in [-0.39, 0.29) is 18.4 Å². The van der Waals surface area contributed by atoms with Gasteiger partial charge in [0.05, 0.1) is 17.9 Å². The van der Waals surface area contributed by atoms with Gasteiger partial charge in [-0.05, 0) is 49.7 Å². The number of nitrogens with one attached hydrogen (secondary N) is 2. The molecule has 1 aromatic rings. The van der Waals surface area contributed by atoms with Crippen LogP contribution >= 0.6 is 0 Å². The van der Waals surface area contributed by atoms with Crippen LogP contribution in [0.15, 0.2) is 36.4 Å². The first-order valence-electron chi connectivity index (χ1n) is 9.15. The van der Waals surface area contributed by atoms with Gasteiger partial charge in [-0.1, -0.05) is 24.3 Å². The van der Waals surface area contributed by atoms with Crippen LogP contribution in [-0.4, -0.2) is 36.9 Å². The van der Waals surface area contributed by atoms with Crippen molar-refractivity contribution in [3.63, 3.8) is 0 Å². The molecule has 134 valence electrons. The highest BCUT2D eigenvalue weighted by Crippen LogP contribution is 2.29. The first kappa shape index (κ1) is 17.5. The summed E-state index contributed by atoms with van der Waals surface area (Å²) in [6, 6.07) is 7.54. The number of likely N-dealkylation sites (N-methyl/N-ethyl adjacent to an activating group) is 1. The maximum Gasteiger partial charge on any atom is 0.241 e. The summed E-state index contributed by atoms with van der Waals surface area (Å²) in [5, 5.41) is 6.14. The fourth-order valence-electron chi connectivity index (χ4n) is 3.15. The highest BCUT2D eigenvalue weighted by molar-refractivity contribution is 5.95. The maximum absolute atomic E-state index is 12.2. The van der Waals surface area contributed by atoms with Crippen LogP contribution in [0.1, 0.15) is 32.1 Å². The highest BCUT2D eigenvalue weighted by Gasteiger charge is 2.24. The molecule has 1 atom stereocenters. The van der Waals surface area contributed by atoms with E-state index in [1.54, 1.807) is 4.90 Å². The molecule has 2 N–H and O–H groups in total. The molecule has 1 fully saturated rings. The molecule has 2 aliphatic rings. The van der Waals surface area contributed by atoms with E-state index in [9.17, 15) is 9.59 Å². The predicted octanol–water partition coefficient (Wildman–Crippen LogP) is 3.26. The second kappa shape index (κ2) is 8.19. The number of nitrogens with zero attached hydrogens (tertiary/aromatic N) is 1. The number of benzene rings is 1. The third-order valence-electron chi connectivity index (χ3n) is 4.85. The Morgan fingerprint density at radius 3 is 2.60 bits per heavy atom. The molecule has 0 radical (unpaired) electrons. The number of carbonyl (C=O) groups excluding carboxylic acids is 2. The summed E-state index contributed by atoms with van der Waals surface area (Å²) in [6.45, 7) is 1.08. The van der Waals surface area contributed by atoms with Gasteiger partial charge in [0.1, 0.15) is 0 Å². The van der Waals surface area contributed by atoms with E-state index in [4.69, 9.17) is 0 Å². The van der Waals surface area contributed by atoms with Crippen LogP contribution in [0.3, 0.4) is 0 Å². The summed E-state index contributed by atoms with van der Waals surface area (Å²) in [5.41, 5.74) is 1.51. The Morgan fingerprint density at radius 2 is 1.92 bits per heavy atom. The Morgan fingerprint density at radius 1 is 1.16 bits per heavy atom. The van der Waals surface area contributed by atoms with Gasteiger partial charge >= 0.3 is 0 Å². The van der Waals surface area contributed by atoms with Crippen LogP contribution in [0.2, 0.25) is 0 Å². The van der Waals surface area contributed by atoms with Crippen LogP contribution in [0, 0.1) is 11.8 Å². The van der Waals surface area contributed by atoms with Crippen molar-refractivity contribution in [3.05, 3.63) is 36.4 Å². The number of carbonyl (C=O) groups is 2. The fraction of sp³-hybridized carbons (Fsp3) is 0.500. The summed E-state index contributed by atoms with van der Waals surface area (Å²) < 4.78 is 0. The van der Waals surface area contributed by atoms with Gasteiger partial charge in [-0.25, -0.2) is 0 Å². The zero-order valence-corrected chi connectivity index (χ0v) is 14.8. The molecule has 5 nitrogen and oxygen atoms in total. The lowest BCUT2D eigenvalue weighted by atomic mass is 10.0. The monoisotopic (exact) mass is 341 g/mol. The van der Waals surface area contributed by atoms with E-state index in [2.05, 4.69) is 22.8 Å². The Kier molecular flexibility index (Phi) is 5.74. The average molecular weight is 341 g/mol. The lowest BCUT2D eigenvalue weighted by Crippen LogP contribution is -2.33. The second-order valence-electron chi connectivity index (χ2n) is 7.13. The van der Waals surface area contributed by atoms with Crippen molar-refractivity contribution in [3.8, 4) is 0 Å². The summed E-state index contributed by atoms with van der Waals surface area (Å²) in [5.74, 6) is 1.12. The minimum absolute atomic E-state index is 0.0166.